The minimum atomic E-state index is 0.407. The number of likely N-dealkylation sites (N-methyl/N-ethyl adjacent to an activating group) is 1. The molecule has 0 aromatic carbocycles. The monoisotopic (exact) mass is 383 g/mol. The van der Waals surface area contributed by atoms with E-state index >= 15 is 0 Å². The van der Waals surface area contributed by atoms with E-state index < -0.39 is 0 Å². The molecular formula is C14H18IN5. The summed E-state index contributed by atoms with van der Waals surface area (Å²) in [4.78, 5) is 6.51. The Hall–Kier alpha value is -1.02. The maximum atomic E-state index is 4.35. The van der Waals surface area contributed by atoms with Gasteiger partial charge in [-0.3, -0.25) is 4.98 Å². The van der Waals surface area contributed by atoms with Crippen molar-refractivity contribution in [2.24, 2.45) is 5.92 Å². The third kappa shape index (κ3) is 2.71. The van der Waals surface area contributed by atoms with E-state index in [1.807, 2.05) is 29.2 Å². The second-order valence-corrected chi connectivity index (χ2v) is 7.42. The van der Waals surface area contributed by atoms with Gasteiger partial charge in [0, 0.05) is 40.9 Å². The van der Waals surface area contributed by atoms with E-state index in [4.69, 9.17) is 0 Å². The highest BCUT2D eigenvalue weighted by molar-refractivity contribution is 14.1. The summed E-state index contributed by atoms with van der Waals surface area (Å²) < 4.78 is 2.65. The molecule has 3 atom stereocenters. The molecule has 106 valence electrons. The first-order chi connectivity index (χ1) is 9.65. The first-order valence-corrected chi connectivity index (χ1v) is 8.04. The second-order valence-electron chi connectivity index (χ2n) is 5.46. The molecule has 0 bridgehead atoms. The van der Waals surface area contributed by atoms with Crippen molar-refractivity contribution in [2.75, 3.05) is 20.1 Å². The zero-order chi connectivity index (χ0) is 14.1. The molecule has 3 heterocycles. The molecular weight excluding hydrogens is 365 g/mol. The van der Waals surface area contributed by atoms with Gasteiger partial charge in [0.25, 0.3) is 0 Å². The Morgan fingerprint density at radius 3 is 2.95 bits per heavy atom. The van der Waals surface area contributed by atoms with Gasteiger partial charge in [0.05, 0.1) is 12.2 Å². The van der Waals surface area contributed by atoms with Crippen molar-refractivity contribution in [3.05, 3.63) is 30.7 Å². The summed E-state index contributed by atoms with van der Waals surface area (Å²) in [6, 6.07) is 4.35. The molecule has 0 amide bonds. The summed E-state index contributed by atoms with van der Waals surface area (Å²) in [5.74, 6) is 0.615. The number of likely N-dealkylation sites (tertiary alicyclic amines) is 1. The lowest BCUT2D eigenvalue weighted by molar-refractivity contribution is 0.367. The Balaban J connectivity index is 1.86. The van der Waals surface area contributed by atoms with Gasteiger partial charge in [-0.05, 0) is 19.2 Å². The lowest BCUT2D eigenvalue weighted by Crippen LogP contribution is -2.24. The van der Waals surface area contributed by atoms with Gasteiger partial charge >= 0.3 is 0 Å². The summed E-state index contributed by atoms with van der Waals surface area (Å²) in [6.07, 6.45) is 5.65. The molecule has 0 radical (unpaired) electrons. The second kappa shape index (κ2) is 5.77. The van der Waals surface area contributed by atoms with Gasteiger partial charge in [-0.2, -0.15) is 0 Å². The van der Waals surface area contributed by atoms with Crippen LogP contribution in [0.3, 0.4) is 0 Å². The van der Waals surface area contributed by atoms with Crippen molar-refractivity contribution in [1.29, 1.82) is 0 Å². The largest absolute Gasteiger partial charge is 0.304 e. The maximum Gasteiger partial charge on any atom is 0.114 e. The van der Waals surface area contributed by atoms with E-state index in [0.717, 1.165) is 24.3 Å². The molecule has 0 spiro atoms. The Bertz CT molecular complexity index is 568. The summed E-state index contributed by atoms with van der Waals surface area (Å²) >= 11 is 2.52. The molecule has 0 aliphatic carbocycles. The number of nitrogens with zero attached hydrogens (tertiary/aromatic N) is 5. The highest BCUT2D eigenvalue weighted by Crippen LogP contribution is 2.33. The molecule has 3 unspecified atom stereocenters. The normalized spacial score (nSPS) is 24.9. The lowest BCUT2D eigenvalue weighted by atomic mass is 10.0. The standard InChI is InChI=1S/C14H18IN5/c1-10(15)12-7-19(2)9-14(12)20-8-13(17-18-20)11-4-3-5-16-6-11/h3-6,8,10,12,14H,7,9H2,1-2H3. The molecule has 1 saturated heterocycles. The molecule has 2 aromatic heterocycles. The lowest BCUT2D eigenvalue weighted by Gasteiger charge is -2.20. The maximum absolute atomic E-state index is 4.35. The van der Waals surface area contributed by atoms with Crippen LogP contribution in [0.25, 0.3) is 11.3 Å². The number of rotatable bonds is 3. The van der Waals surface area contributed by atoms with Gasteiger partial charge in [-0.1, -0.05) is 34.7 Å². The molecule has 1 fully saturated rings. The van der Waals surface area contributed by atoms with E-state index in [2.05, 4.69) is 56.8 Å². The molecule has 5 nitrogen and oxygen atoms in total. The SMILES string of the molecule is CC(I)C1CN(C)CC1n1cc(-c2cccnc2)nn1. The van der Waals surface area contributed by atoms with Gasteiger partial charge in [0.1, 0.15) is 5.69 Å². The van der Waals surface area contributed by atoms with Crippen LogP contribution in [0.4, 0.5) is 0 Å². The van der Waals surface area contributed by atoms with Gasteiger partial charge < -0.3 is 4.90 Å². The quantitative estimate of drug-likeness (QED) is 0.603. The first kappa shape index (κ1) is 13.9. The van der Waals surface area contributed by atoms with Crippen LogP contribution in [0, 0.1) is 5.92 Å². The number of halogens is 1. The van der Waals surface area contributed by atoms with Crippen molar-refractivity contribution in [3.63, 3.8) is 0 Å². The average Bonchev–Trinajstić information content (AvgIpc) is 3.06. The highest BCUT2D eigenvalue weighted by Gasteiger charge is 2.35. The summed E-state index contributed by atoms with van der Waals surface area (Å²) in [5, 5.41) is 8.65. The number of hydrogen-bond acceptors (Lipinski definition) is 4. The van der Waals surface area contributed by atoms with Crippen molar-refractivity contribution in [1.82, 2.24) is 24.9 Å². The van der Waals surface area contributed by atoms with E-state index in [-0.39, 0.29) is 0 Å². The fraction of sp³-hybridized carbons (Fsp3) is 0.500. The zero-order valence-electron chi connectivity index (χ0n) is 11.6. The van der Waals surface area contributed by atoms with Crippen LogP contribution in [0.2, 0.25) is 0 Å². The molecule has 6 heteroatoms. The molecule has 3 rings (SSSR count). The highest BCUT2D eigenvalue weighted by atomic mass is 127. The van der Waals surface area contributed by atoms with Gasteiger partial charge in [-0.25, -0.2) is 4.68 Å². The van der Waals surface area contributed by atoms with Crippen LogP contribution < -0.4 is 0 Å². The Labute approximate surface area is 132 Å². The Morgan fingerprint density at radius 2 is 2.25 bits per heavy atom. The van der Waals surface area contributed by atoms with Gasteiger partial charge in [0.2, 0.25) is 0 Å². The van der Waals surface area contributed by atoms with Crippen LogP contribution in [0.1, 0.15) is 13.0 Å². The predicted octanol–water partition coefficient (Wildman–Crippen LogP) is 2.27. The van der Waals surface area contributed by atoms with Gasteiger partial charge in [0.15, 0.2) is 0 Å². The van der Waals surface area contributed by atoms with Crippen LogP contribution in [0.15, 0.2) is 30.7 Å². The van der Waals surface area contributed by atoms with Gasteiger partial charge in [-0.15, -0.1) is 5.10 Å². The van der Waals surface area contributed by atoms with Crippen LogP contribution in [-0.4, -0.2) is 48.9 Å². The third-order valence-electron chi connectivity index (χ3n) is 3.91. The van der Waals surface area contributed by atoms with Crippen molar-refractivity contribution < 1.29 is 0 Å². The Morgan fingerprint density at radius 1 is 1.40 bits per heavy atom. The Kier molecular flexibility index (Phi) is 4.02. The smallest absolute Gasteiger partial charge is 0.114 e. The zero-order valence-corrected chi connectivity index (χ0v) is 13.8. The first-order valence-electron chi connectivity index (χ1n) is 6.80. The molecule has 1 aliphatic heterocycles. The molecule has 20 heavy (non-hydrogen) atoms. The number of pyridine rings is 1. The predicted molar refractivity (Wildman–Crippen MR) is 86.8 cm³/mol. The van der Waals surface area contributed by atoms with Crippen LogP contribution >= 0.6 is 22.6 Å². The molecule has 2 aromatic rings. The number of aromatic nitrogens is 4. The van der Waals surface area contributed by atoms with E-state index in [1.165, 1.54) is 0 Å². The molecule has 0 N–H and O–H groups in total. The van der Waals surface area contributed by atoms with E-state index in [1.54, 1.807) is 6.20 Å². The van der Waals surface area contributed by atoms with Crippen molar-refractivity contribution in [3.8, 4) is 11.3 Å². The summed E-state index contributed by atoms with van der Waals surface area (Å²) in [5.41, 5.74) is 1.91. The molecule has 1 aliphatic rings. The van der Waals surface area contributed by atoms with Crippen molar-refractivity contribution >= 4 is 22.6 Å². The number of alkyl halides is 1. The summed E-state index contributed by atoms with van der Waals surface area (Å²) in [6.45, 7) is 4.43. The van der Waals surface area contributed by atoms with Crippen molar-refractivity contribution in [2.45, 2.75) is 16.9 Å². The minimum Gasteiger partial charge on any atom is -0.304 e. The summed E-state index contributed by atoms with van der Waals surface area (Å²) in [7, 11) is 2.17. The minimum absolute atomic E-state index is 0.407. The fourth-order valence-corrected chi connectivity index (χ4v) is 3.53. The van der Waals surface area contributed by atoms with E-state index in [0.29, 0.717) is 15.9 Å². The van der Waals surface area contributed by atoms with Crippen LogP contribution in [0.5, 0.6) is 0 Å². The fourth-order valence-electron chi connectivity index (χ4n) is 2.83. The molecule has 0 saturated carbocycles. The van der Waals surface area contributed by atoms with Crippen LogP contribution in [-0.2, 0) is 0 Å². The van der Waals surface area contributed by atoms with E-state index in [9.17, 15) is 0 Å². The topological polar surface area (TPSA) is 46.8 Å². The third-order valence-corrected chi connectivity index (χ3v) is 4.84. The average molecular weight is 383 g/mol. The number of hydrogen-bond donors (Lipinski definition) is 0.